The van der Waals surface area contributed by atoms with Crippen molar-refractivity contribution in [2.45, 2.75) is 6.92 Å². The first-order chi connectivity index (χ1) is 7.20. The topological polar surface area (TPSA) is 65.2 Å². The number of carbonyl (C=O) groups excluding carboxylic acids is 1. The fraction of sp³-hybridized carbons (Fsp3) is 0.200. The maximum absolute atomic E-state index is 11.4. The number of hydrogen-bond acceptors (Lipinski definition) is 5. The van der Waals surface area contributed by atoms with Crippen LogP contribution in [0.5, 0.6) is 0 Å². The van der Waals surface area contributed by atoms with E-state index in [2.05, 4.69) is 4.98 Å². The number of hydrogen-bond donors (Lipinski definition) is 1. The minimum Gasteiger partial charge on any atom is -0.461 e. The van der Waals surface area contributed by atoms with Crippen LogP contribution >= 0.6 is 11.3 Å². The van der Waals surface area contributed by atoms with Crippen LogP contribution in [0.1, 0.15) is 16.7 Å². The Hall–Kier alpha value is -1.62. The van der Waals surface area contributed by atoms with Gasteiger partial charge in [-0.2, -0.15) is 0 Å². The fourth-order valence-corrected chi connectivity index (χ4v) is 2.13. The van der Waals surface area contributed by atoms with E-state index in [1.165, 1.54) is 11.3 Å². The molecule has 0 aliphatic rings. The molecule has 0 amide bonds. The highest BCUT2D eigenvalue weighted by molar-refractivity contribution is 7.20. The van der Waals surface area contributed by atoms with E-state index in [-0.39, 0.29) is 5.97 Å². The first-order valence-electron chi connectivity index (χ1n) is 4.54. The number of carbonyl (C=O) groups is 1. The number of rotatable bonds is 2. The monoisotopic (exact) mass is 222 g/mol. The van der Waals surface area contributed by atoms with Crippen molar-refractivity contribution in [2.24, 2.45) is 0 Å². The van der Waals surface area contributed by atoms with Crippen molar-refractivity contribution in [1.82, 2.24) is 4.98 Å². The number of nitrogens with zero attached hydrogens (tertiary/aromatic N) is 1. The minimum atomic E-state index is -0.378. The molecule has 0 atom stereocenters. The Morgan fingerprint density at radius 2 is 2.40 bits per heavy atom. The summed E-state index contributed by atoms with van der Waals surface area (Å²) in [7, 11) is 0. The molecule has 0 aliphatic carbocycles. The molecule has 2 rings (SSSR count). The van der Waals surface area contributed by atoms with Crippen LogP contribution < -0.4 is 5.73 Å². The van der Waals surface area contributed by atoms with Gasteiger partial charge in [0.05, 0.1) is 16.8 Å². The molecule has 15 heavy (non-hydrogen) atoms. The Morgan fingerprint density at radius 3 is 3.13 bits per heavy atom. The molecule has 0 aliphatic heterocycles. The minimum absolute atomic E-state index is 0.358. The molecule has 0 saturated carbocycles. The van der Waals surface area contributed by atoms with Crippen molar-refractivity contribution < 1.29 is 9.53 Å². The Kier molecular flexibility index (Phi) is 2.55. The normalized spacial score (nSPS) is 10.5. The molecular weight excluding hydrogens is 212 g/mol. The third kappa shape index (κ3) is 1.92. The highest BCUT2D eigenvalue weighted by atomic mass is 32.1. The first kappa shape index (κ1) is 9.92. The van der Waals surface area contributed by atoms with E-state index in [9.17, 15) is 4.79 Å². The Morgan fingerprint density at radius 1 is 1.60 bits per heavy atom. The molecule has 0 fully saturated rings. The number of ether oxygens (including phenoxy) is 1. The van der Waals surface area contributed by atoms with Gasteiger partial charge in [0.2, 0.25) is 5.01 Å². The van der Waals surface area contributed by atoms with E-state index < -0.39 is 0 Å². The molecule has 4 nitrogen and oxygen atoms in total. The molecule has 0 radical (unpaired) electrons. The number of nitrogen functional groups attached to an aromatic ring is 1. The van der Waals surface area contributed by atoms with Gasteiger partial charge in [-0.05, 0) is 25.1 Å². The van der Waals surface area contributed by atoms with Gasteiger partial charge in [0.25, 0.3) is 0 Å². The molecule has 1 heterocycles. The quantitative estimate of drug-likeness (QED) is 0.624. The summed E-state index contributed by atoms with van der Waals surface area (Å²) in [6.45, 7) is 2.13. The second kappa shape index (κ2) is 3.86. The van der Waals surface area contributed by atoms with E-state index >= 15 is 0 Å². The number of esters is 1. The lowest BCUT2D eigenvalue weighted by Crippen LogP contribution is -2.03. The van der Waals surface area contributed by atoms with E-state index in [1.807, 2.05) is 0 Å². The van der Waals surface area contributed by atoms with Crippen LogP contribution in [0.15, 0.2) is 18.2 Å². The van der Waals surface area contributed by atoms with Gasteiger partial charge in [-0.3, -0.25) is 0 Å². The summed E-state index contributed by atoms with van der Waals surface area (Å²) in [6.07, 6.45) is 0. The van der Waals surface area contributed by atoms with Crippen molar-refractivity contribution in [3.63, 3.8) is 0 Å². The van der Waals surface area contributed by atoms with Crippen LogP contribution in [-0.2, 0) is 4.74 Å². The summed E-state index contributed by atoms with van der Waals surface area (Å²) in [5, 5.41) is 0.373. The van der Waals surface area contributed by atoms with Crippen molar-refractivity contribution in [3.8, 4) is 0 Å². The number of benzene rings is 1. The predicted octanol–water partition coefficient (Wildman–Crippen LogP) is 2.06. The lowest BCUT2D eigenvalue weighted by molar-refractivity contribution is 0.0526. The van der Waals surface area contributed by atoms with E-state index in [0.29, 0.717) is 17.3 Å². The first-order valence-corrected chi connectivity index (χ1v) is 5.35. The van der Waals surface area contributed by atoms with Gasteiger partial charge in [-0.15, -0.1) is 11.3 Å². The molecule has 2 N–H and O–H groups in total. The Bertz CT molecular complexity index is 507. The highest BCUT2D eigenvalue weighted by Gasteiger charge is 2.12. The molecular formula is C10H10N2O2S. The van der Waals surface area contributed by atoms with Crippen LogP contribution in [0.4, 0.5) is 5.69 Å². The summed E-state index contributed by atoms with van der Waals surface area (Å²) in [5.74, 6) is -0.378. The Balaban J connectivity index is 2.42. The average Bonchev–Trinajstić information content (AvgIpc) is 2.60. The molecule has 2 aromatic rings. The van der Waals surface area contributed by atoms with E-state index in [0.717, 1.165) is 10.2 Å². The van der Waals surface area contributed by atoms with Crippen LogP contribution in [0.25, 0.3) is 10.2 Å². The molecule has 78 valence electrons. The number of thiazole rings is 1. The standard InChI is InChI=1S/C10H10N2O2S/c1-2-14-10(13)9-12-7-4-3-6(11)5-8(7)15-9/h3-5H,2,11H2,1H3. The second-order valence-electron chi connectivity index (χ2n) is 2.97. The summed E-state index contributed by atoms with van der Waals surface area (Å²) < 4.78 is 5.77. The third-order valence-corrected chi connectivity index (χ3v) is 2.86. The number of anilines is 1. The molecule has 0 spiro atoms. The average molecular weight is 222 g/mol. The van der Waals surface area contributed by atoms with Crippen molar-refractivity contribution in [1.29, 1.82) is 0 Å². The second-order valence-corrected chi connectivity index (χ2v) is 4.00. The summed E-state index contributed by atoms with van der Waals surface area (Å²) >= 11 is 1.29. The number of nitrogens with two attached hydrogens (primary N) is 1. The van der Waals surface area contributed by atoms with Crippen LogP contribution in [0.2, 0.25) is 0 Å². The van der Waals surface area contributed by atoms with Gasteiger partial charge >= 0.3 is 5.97 Å². The van der Waals surface area contributed by atoms with Gasteiger partial charge in [-0.1, -0.05) is 0 Å². The van der Waals surface area contributed by atoms with E-state index in [1.54, 1.807) is 25.1 Å². The van der Waals surface area contributed by atoms with Crippen molar-refractivity contribution >= 4 is 33.2 Å². The molecule has 0 bridgehead atoms. The zero-order chi connectivity index (χ0) is 10.8. The largest absolute Gasteiger partial charge is 0.461 e. The smallest absolute Gasteiger partial charge is 0.367 e. The zero-order valence-corrected chi connectivity index (χ0v) is 9.00. The van der Waals surface area contributed by atoms with Gasteiger partial charge in [0.1, 0.15) is 0 Å². The maximum Gasteiger partial charge on any atom is 0.367 e. The maximum atomic E-state index is 11.4. The Labute approximate surface area is 90.7 Å². The zero-order valence-electron chi connectivity index (χ0n) is 8.19. The van der Waals surface area contributed by atoms with Crippen molar-refractivity contribution in [3.05, 3.63) is 23.2 Å². The lowest BCUT2D eigenvalue weighted by atomic mass is 10.3. The summed E-state index contributed by atoms with van der Waals surface area (Å²) in [4.78, 5) is 15.6. The predicted molar refractivity (Wildman–Crippen MR) is 60.0 cm³/mol. The van der Waals surface area contributed by atoms with Crippen molar-refractivity contribution in [2.75, 3.05) is 12.3 Å². The van der Waals surface area contributed by atoms with Crippen LogP contribution in [0, 0.1) is 0 Å². The third-order valence-electron chi connectivity index (χ3n) is 1.86. The van der Waals surface area contributed by atoms with Gasteiger partial charge < -0.3 is 10.5 Å². The number of fused-ring (bicyclic) bond motifs is 1. The fourth-order valence-electron chi connectivity index (χ4n) is 1.22. The molecule has 1 aromatic heterocycles. The highest BCUT2D eigenvalue weighted by Crippen LogP contribution is 2.24. The summed E-state index contributed by atoms with van der Waals surface area (Å²) in [5.41, 5.74) is 7.07. The molecule has 0 unspecified atom stereocenters. The molecule has 0 saturated heterocycles. The van der Waals surface area contributed by atoms with Gasteiger partial charge in [0, 0.05) is 5.69 Å². The molecule has 5 heteroatoms. The number of aromatic nitrogens is 1. The van der Waals surface area contributed by atoms with Gasteiger partial charge in [0.15, 0.2) is 0 Å². The van der Waals surface area contributed by atoms with Gasteiger partial charge in [-0.25, -0.2) is 9.78 Å². The lowest BCUT2D eigenvalue weighted by Gasteiger charge is -1.94. The SMILES string of the molecule is CCOC(=O)c1nc2ccc(N)cc2s1. The molecule has 1 aromatic carbocycles. The van der Waals surface area contributed by atoms with Crippen LogP contribution in [-0.4, -0.2) is 17.6 Å². The van der Waals surface area contributed by atoms with Crippen LogP contribution in [0.3, 0.4) is 0 Å². The van der Waals surface area contributed by atoms with E-state index in [4.69, 9.17) is 10.5 Å². The summed E-state index contributed by atoms with van der Waals surface area (Å²) in [6, 6.07) is 5.36.